The zero-order chi connectivity index (χ0) is 63.0. The average Bonchev–Trinajstić information content (AvgIpc) is 3.68. The van der Waals surface area contributed by atoms with E-state index in [4.69, 9.17) is 97.0 Å². The molecule has 2 aliphatic rings. The molecule has 0 atom stereocenters. The second kappa shape index (κ2) is 44.5. The van der Waals surface area contributed by atoms with Crippen molar-refractivity contribution in [2.24, 2.45) is 5.73 Å². The molecule has 4 aromatic carbocycles. The van der Waals surface area contributed by atoms with E-state index in [2.05, 4.69) is 114 Å². The van der Waals surface area contributed by atoms with Gasteiger partial charge in [0.1, 0.15) is 28.2 Å². The maximum absolute atomic E-state index is 11.0. The number of halogens is 2. The van der Waals surface area contributed by atoms with Crippen molar-refractivity contribution in [2.45, 2.75) is 86.2 Å². The summed E-state index contributed by atoms with van der Waals surface area (Å²) in [5.74, 6) is 3.12. The fourth-order valence-electron chi connectivity index (χ4n) is 8.64. The van der Waals surface area contributed by atoms with Crippen LogP contribution in [-0.2, 0) is 68.5 Å². The van der Waals surface area contributed by atoms with Crippen molar-refractivity contribution >= 4 is 47.4 Å². The predicted octanol–water partition coefficient (Wildman–Crippen LogP) is 8.89. The number of rotatable bonds is 27. The van der Waals surface area contributed by atoms with Crippen LogP contribution in [0.4, 0.5) is 10.6 Å². The zero-order valence-corrected chi connectivity index (χ0v) is 51.9. The highest BCUT2D eigenvalue weighted by Gasteiger charge is 2.26. The standard InChI is InChI=1S/C29H38N4O3.C19H15ClN2.C8H18N2O2.C6H13ClO3.2CO2.CH4/c1-22-9-10-25-24(19-22)21-26-28(25)29(32-27(31-26)20-23-7-4-3-5-8-23)30-11-6-12-33(2)13-15-35-17-18-36-16-14-34;1-12-7-8-15-14(9-12)11-16-18(15)19(20)22-17(21-16)10-13-5-3-2-4-6-13;1-8(2,3)12-7(11)10-6-4-5-9;7-1-3-9-5-6-10-4-2-8;2*2-1-3;/h3-5,7-10,19,34H,6,11-18,20-21H2,1-2H3,(H,30,31,32);2-9H,10-11H2,1H3;4-6,9H2,1-3H3,(H,10,11);8H,1-6H2;;;1H4. The topological polar surface area (TPSA) is 277 Å². The van der Waals surface area contributed by atoms with Crippen molar-refractivity contribution in [3.05, 3.63) is 159 Å². The highest BCUT2D eigenvalue weighted by Crippen LogP contribution is 2.41. The smallest absolute Gasteiger partial charge is 0.407 e. The van der Waals surface area contributed by atoms with Crippen LogP contribution in [0.2, 0.25) is 5.15 Å². The van der Waals surface area contributed by atoms with Crippen molar-refractivity contribution in [1.82, 2.24) is 30.2 Å². The van der Waals surface area contributed by atoms with E-state index < -0.39 is 5.60 Å². The summed E-state index contributed by atoms with van der Waals surface area (Å²) >= 11 is 11.8. The van der Waals surface area contributed by atoms with E-state index in [-0.39, 0.29) is 39.0 Å². The Kier molecular flexibility index (Phi) is 39.0. The van der Waals surface area contributed by atoms with E-state index in [1.165, 1.54) is 44.5 Å². The third-order valence-electron chi connectivity index (χ3n) is 12.3. The van der Waals surface area contributed by atoms with E-state index in [0.29, 0.717) is 83.4 Å². The number of alkyl halides is 1. The van der Waals surface area contributed by atoms with Crippen molar-refractivity contribution < 1.29 is 57.9 Å². The van der Waals surface area contributed by atoms with Gasteiger partial charge in [0.25, 0.3) is 0 Å². The second-order valence-electron chi connectivity index (χ2n) is 20.5. The molecule has 0 fully saturated rings. The molecule has 6 N–H and O–H groups in total. The Morgan fingerprint density at radius 3 is 1.60 bits per heavy atom. The molecule has 0 saturated heterocycles. The van der Waals surface area contributed by atoms with Crippen LogP contribution in [0.3, 0.4) is 0 Å². The molecule has 0 aliphatic heterocycles. The fraction of sp³-hybridized carbons (Fsp3) is 0.462. The van der Waals surface area contributed by atoms with Crippen molar-refractivity contribution in [2.75, 3.05) is 117 Å². The van der Waals surface area contributed by atoms with E-state index in [0.717, 1.165) is 91.7 Å². The first-order chi connectivity index (χ1) is 41.5. The predicted molar refractivity (Wildman–Crippen MR) is 337 cm³/mol. The lowest BCUT2D eigenvalue weighted by molar-refractivity contribution is -0.193. The van der Waals surface area contributed by atoms with Crippen LogP contribution in [0.15, 0.2) is 97.1 Å². The van der Waals surface area contributed by atoms with Gasteiger partial charge in [0, 0.05) is 62.3 Å². The molecule has 22 heteroatoms. The number of likely N-dealkylation sites (N-methyl/N-ethyl adjacent to an activating group) is 1. The summed E-state index contributed by atoms with van der Waals surface area (Å²) in [6.45, 7) is 17.8. The van der Waals surface area contributed by atoms with Gasteiger partial charge in [-0.1, -0.05) is 127 Å². The number of aromatic nitrogens is 4. The molecule has 20 nitrogen and oxygen atoms in total. The molecule has 0 bridgehead atoms. The number of fused-ring (bicyclic) bond motifs is 6. The van der Waals surface area contributed by atoms with E-state index >= 15 is 0 Å². The molecule has 0 unspecified atom stereocenters. The van der Waals surface area contributed by atoms with Gasteiger partial charge in [-0.15, -0.1) is 11.6 Å². The normalized spacial score (nSPS) is 10.9. The summed E-state index contributed by atoms with van der Waals surface area (Å²) in [6, 6.07) is 33.8. The molecule has 0 spiro atoms. The first-order valence-corrected chi connectivity index (χ1v) is 29.3. The number of nitrogens with one attached hydrogen (secondary N) is 2. The number of ether oxygens (including phenoxy) is 5. The number of nitrogens with zero attached hydrogens (tertiary/aromatic N) is 5. The Balaban J connectivity index is 0.000000428. The molecule has 0 saturated carbocycles. The summed E-state index contributed by atoms with van der Waals surface area (Å²) in [6.07, 6.45) is 5.05. The molecule has 6 aromatic rings. The molecule has 0 radical (unpaired) electrons. The van der Waals surface area contributed by atoms with Crippen LogP contribution >= 0.6 is 23.2 Å². The Morgan fingerprint density at radius 1 is 0.644 bits per heavy atom. The van der Waals surface area contributed by atoms with Crippen molar-refractivity contribution in [3.63, 3.8) is 0 Å². The number of carbonyl (C=O) groups is 1. The number of aliphatic hydroxyl groups excluding tert-OH is 2. The van der Waals surface area contributed by atoms with Gasteiger partial charge in [-0.05, 0) is 101 Å². The highest BCUT2D eigenvalue weighted by atomic mass is 35.5. The number of nitrogens with two attached hydrogens (primary N) is 1. The SMILES string of the molecule is C.CC(C)(C)OC(=O)NCCCN.Cc1ccc2c(c1)Cc1nc(Cc3ccccc3)nc(Cl)c1-2.Cc1ccc2c(c1)Cc1nc(Cc3ccccc3)nc(NCCCN(C)CCOCCOCCO)c1-2.O=C=O.O=C=O.OCCOCCOCCCl. The second-order valence-corrected chi connectivity index (χ2v) is 21.2. The van der Waals surface area contributed by atoms with Gasteiger partial charge < -0.3 is 55.2 Å². The van der Waals surface area contributed by atoms with Gasteiger partial charge in [0.05, 0.1) is 77.5 Å². The molecular weight excluding hydrogens is 1160 g/mol. The molecule has 474 valence electrons. The third-order valence-corrected chi connectivity index (χ3v) is 12.7. The van der Waals surface area contributed by atoms with Crippen LogP contribution < -0.4 is 16.4 Å². The number of benzene rings is 4. The van der Waals surface area contributed by atoms with Crippen LogP contribution in [0.1, 0.15) is 97.5 Å². The molecule has 2 heterocycles. The number of anilines is 1. The van der Waals surface area contributed by atoms with Gasteiger partial charge in [-0.2, -0.15) is 19.2 Å². The average molecular weight is 1240 g/mol. The maximum atomic E-state index is 11.0. The summed E-state index contributed by atoms with van der Waals surface area (Å²) < 4.78 is 25.7. The van der Waals surface area contributed by atoms with Crippen LogP contribution in [-0.4, -0.2) is 171 Å². The minimum Gasteiger partial charge on any atom is -0.444 e. The molecule has 87 heavy (non-hydrogen) atoms. The number of amides is 1. The molecule has 2 aromatic heterocycles. The Morgan fingerprint density at radius 2 is 1.11 bits per heavy atom. The van der Waals surface area contributed by atoms with Crippen molar-refractivity contribution in [3.8, 4) is 22.3 Å². The first kappa shape index (κ1) is 76.2. The first-order valence-electron chi connectivity index (χ1n) is 28.4. The summed E-state index contributed by atoms with van der Waals surface area (Å²) in [5.41, 5.74) is 19.2. The van der Waals surface area contributed by atoms with Crippen LogP contribution in [0.25, 0.3) is 22.3 Å². The zero-order valence-electron chi connectivity index (χ0n) is 50.3. The summed E-state index contributed by atoms with van der Waals surface area (Å²) in [4.78, 5) is 65.0. The Bertz CT molecular complexity index is 2940. The van der Waals surface area contributed by atoms with E-state index in [9.17, 15) is 4.79 Å². The van der Waals surface area contributed by atoms with Gasteiger partial charge in [-0.25, -0.2) is 24.7 Å². The highest BCUT2D eigenvalue weighted by molar-refractivity contribution is 6.32. The van der Waals surface area contributed by atoms with Gasteiger partial charge in [0.15, 0.2) is 0 Å². The van der Waals surface area contributed by atoms with Gasteiger partial charge >= 0.3 is 18.4 Å². The quantitative estimate of drug-likeness (QED) is 0.0183. The van der Waals surface area contributed by atoms with Gasteiger partial charge in [0.2, 0.25) is 0 Å². The summed E-state index contributed by atoms with van der Waals surface area (Å²) in [7, 11) is 2.12. The minimum atomic E-state index is -0.424. The summed E-state index contributed by atoms with van der Waals surface area (Å²) in [5, 5.41) is 23.8. The molecule has 2 aliphatic carbocycles. The van der Waals surface area contributed by atoms with E-state index in [1.54, 1.807) is 0 Å². The molecular formula is C65H88Cl2N8O12. The van der Waals surface area contributed by atoms with Crippen LogP contribution in [0.5, 0.6) is 0 Å². The number of alkyl carbamates (subject to hydrolysis) is 1. The third kappa shape index (κ3) is 30.6. The number of aliphatic hydroxyl groups is 2. The monoisotopic (exact) mass is 1240 g/mol. The molecule has 1 amide bonds. The Hall–Kier alpha value is -6.87. The number of hydrogen-bond donors (Lipinski definition) is 5. The fourth-order valence-corrected chi connectivity index (χ4v) is 9.06. The maximum Gasteiger partial charge on any atom is 0.407 e. The lowest BCUT2D eigenvalue weighted by atomic mass is 10.0. The van der Waals surface area contributed by atoms with Gasteiger partial charge in [-0.3, -0.25) is 0 Å². The largest absolute Gasteiger partial charge is 0.444 e. The van der Waals surface area contributed by atoms with Crippen molar-refractivity contribution in [1.29, 1.82) is 0 Å². The molecule has 8 rings (SSSR count). The number of carbonyl (C=O) groups excluding carboxylic acids is 5. The van der Waals surface area contributed by atoms with Crippen LogP contribution in [0, 0.1) is 13.8 Å². The lowest BCUT2D eigenvalue weighted by Gasteiger charge is -2.19. The minimum absolute atomic E-state index is 0. The number of hydrogen-bond acceptors (Lipinski definition) is 19. The van der Waals surface area contributed by atoms with E-state index in [1.807, 2.05) is 45.0 Å². The lowest BCUT2D eigenvalue weighted by Crippen LogP contribution is -2.33. The Labute approximate surface area is 522 Å². The number of aryl methyl sites for hydroxylation is 2.